The highest BCUT2D eigenvalue weighted by Crippen LogP contribution is 2.39. The Morgan fingerprint density at radius 1 is 0.769 bits per heavy atom. The molecule has 2 aromatic rings. The van der Waals surface area contributed by atoms with Gasteiger partial charge in [0, 0.05) is 14.2 Å². The lowest BCUT2D eigenvalue weighted by Gasteiger charge is -2.20. The molecule has 12 heteroatoms. The number of rotatable bonds is 6. The SMILES string of the molecule is COP(=O)([O-])OC(=O)c1ccc2cc(C(=O)OP(=O)([O-])OC)ccc2c1. The van der Waals surface area contributed by atoms with E-state index in [9.17, 15) is 28.5 Å². The smallest absolute Gasteiger partial charge is 0.343 e. The first kappa shape index (κ1) is 20.3. The molecule has 0 fully saturated rings. The van der Waals surface area contributed by atoms with Crippen molar-refractivity contribution in [2.45, 2.75) is 0 Å². The van der Waals surface area contributed by atoms with E-state index in [1.807, 2.05) is 0 Å². The van der Waals surface area contributed by atoms with E-state index in [4.69, 9.17) is 0 Å². The minimum atomic E-state index is -4.73. The van der Waals surface area contributed by atoms with Gasteiger partial charge in [0.25, 0.3) is 0 Å². The number of benzene rings is 2. The van der Waals surface area contributed by atoms with E-state index in [0.29, 0.717) is 10.8 Å². The molecule has 2 aromatic carbocycles. The Morgan fingerprint density at radius 2 is 1.12 bits per heavy atom. The van der Waals surface area contributed by atoms with Crippen LogP contribution in [0.2, 0.25) is 0 Å². The second kappa shape index (κ2) is 7.67. The fourth-order valence-electron chi connectivity index (χ4n) is 1.88. The van der Waals surface area contributed by atoms with Crippen LogP contribution in [0, 0.1) is 0 Å². The summed E-state index contributed by atoms with van der Waals surface area (Å²) in [6, 6.07) is 8.02. The molecule has 0 radical (unpaired) electrons. The van der Waals surface area contributed by atoms with Gasteiger partial charge in [0.1, 0.15) is 0 Å². The minimum absolute atomic E-state index is 0.0654. The van der Waals surface area contributed by atoms with Crippen molar-refractivity contribution in [2.24, 2.45) is 0 Å². The summed E-state index contributed by atoms with van der Waals surface area (Å²) in [6.07, 6.45) is 0. The number of hydrogen-bond acceptors (Lipinski definition) is 10. The number of hydrogen-bond donors (Lipinski definition) is 0. The molecule has 0 aliphatic heterocycles. The van der Waals surface area contributed by atoms with Crippen molar-refractivity contribution in [3.05, 3.63) is 47.5 Å². The Kier molecular flexibility index (Phi) is 5.98. The summed E-state index contributed by atoms with van der Waals surface area (Å²) < 4.78 is 38.9. The van der Waals surface area contributed by atoms with Gasteiger partial charge in [-0.2, -0.15) is 0 Å². The van der Waals surface area contributed by atoms with E-state index >= 15 is 0 Å². The molecule has 2 atom stereocenters. The van der Waals surface area contributed by atoms with Gasteiger partial charge in [-0.3, -0.25) is 9.13 Å². The first-order valence-electron chi connectivity index (χ1n) is 6.82. The third kappa shape index (κ3) is 4.98. The highest BCUT2D eigenvalue weighted by molar-refractivity contribution is 7.46. The molecule has 0 spiro atoms. The zero-order chi connectivity index (χ0) is 19.5. The molecule has 0 bridgehead atoms. The van der Waals surface area contributed by atoms with Crippen molar-refractivity contribution in [1.29, 1.82) is 0 Å². The summed E-state index contributed by atoms with van der Waals surface area (Å²) >= 11 is 0. The Morgan fingerprint density at radius 3 is 1.42 bits per heavy atom. The zero-order valence-electron chi connectivity index (χ0n) is 13.4. The van der Waals surface area contributed by atoms with Crippen LogP contribution >= 0.6 is 15.6 Å². The predicted molar refractivity (Wildman–Crippen MR) is 84.0 cm³/mol. The van der Waals surface area contributed by atoms with Gasteiger partial charge in [-0.15, -0.1) is 0 Å². The number of carbonyl (C=O) groups is 2. The van der Waals surface area contributed by atoms with Crippen LogP contribution < -0.4 is 9.79 Å². The van der Waals surface area contributed by atoms with E-state index < -0.39 is 27.6 Å². The quantitative estimate of drug-likeness (QED) is 0.648. The lowest BCUT2D eigenvalue weighted by atomic mass is 10.0. The molecule has 140 valence electrons. The predicted octanol–water partition coefficient (Wildman–Crippen LogP) is 1.38. The van der Waals surface area contributed by atoms with Crippen LogP contribution in [0.5, 0.6) is 0 Å². The van der Waals surface area contributed by atoms with Crippen molar-refractivity contribution in [2.75, 3.05) is 14.2 Å². The Balaban J connectivity index is 2.28. The minimum Gasteiger partial charge on any atom is -0.746 e. The molecule has 2 unspecified atom stereocenters. The highest BCUT2D eigenvalue weighted by atomic mass is 31.2. The topological polar surface area (TPSA) is 151 Å². The first-order valence-corrected chi connectivity index (χ1v) is 9.74. The van der Waals surface area contributed by atoms with Crippen molar-refractivity contribution >= 4 is 38.4 Å². The lowest BCUT2D eigenvalue weighted by Crippen LogP contribution is -2.12. The van der Waals surface area contributed by atoms with Gasteiger partial charge in [0.05, 0.1) is 11.1 Å². The van der Waals surface area contributed by atoms with Gasteiger partial charge in [-0.25, -0.2) is 9.59 Å². The van der Waals surface area contributed by atoms with E-state index in [0.717, 1.165) is 14.2 Å². The van der Waals surface area contributed by atoms with Gasteiger partial charge in [0.2, 0.25) is 0 Å². The van der Waals surface area contributed by atoms with Gasteiger partial charge < -0.3 is 27.9 Å². The summed E-state index contributed by atoms with van der Waals surface area (Å²) in [5.74, 6) is -2.27. The molecular weight excluding hydrogens is 390 g/mol. The third-order valence-corrected chi connectivity index (χ3v) is 4.82. The molecule has 0 heterocycles. The van der Waals surface area contributed by atoms with Gasteiger partial charge >= 0.3 is 27.6 Å². The normalized spacial score (nSPS) is 15.7. The van der Waals surface area contributed by atoms with E-state index in [1.165, 1.54) is 36.4 Å². The number of carbonyl (C=O) groups excluding carboxylic acids is 2. The summed E-state index contributed by atoms with van der Waals surface area (Å²) in [6.45, 7) is 0. The van der Waals surface area contributed by atoms with Crippen LogP contribution in [0.15, 0.2) is 36.4 Å². The first-order chi connectivity index (χ1) is 12.1. The van der Waals surface area contributed by atoms with E-state index in [2.05, 4.69) is 18.1 Å². The van der Waals surface area contributed by atoms with Crippen LogP contribution in [-0.2, 0) is 27.2 Å². The average molecular weight is 402 g/mol. The summed E-state index contributed by atoms with van der Waals surface area (Å²) in [5.41, 5.74) is -0.131. The van der Waals surface area contributed by atoms with Crippen molar-refractivity contribution < 1.29 is 46.6 Å². The monoisotopic (exact) mass is 402 g/mol. The van der Waals surface area contributed by atoms with Crippen molar-refractivity contribution in [3.8, 4) is 0 Å². The number of fused-ring (bicyclic) bond motifs is 1. The van der Waals surface area contributed by atoms with Crippen molar-refractivity contribution in [3.63, 3.8) is 0 Å². The van der Waals surface area contributed by atoms with Crippen LogP contribution in [-0.4, -0.2) is 26.2 Å². The Hall–Kier alpha value is -2.06. The van der Waals surface area contributed by atoms with Crippen LogP contribution in [0.4, 0.5) is 0 Å². The van der Waals surface area contributed by atoms with Crippen LogP contribution in [0.25, 0.3) is 10.8 Å². The second-order valence-corrected chi connectivity index (χ2v) is 7.68. The second-order valence-electron chi connectivity index (χ2n) is 4.79. The fourth-order valence-corrected chi connectivity index (χ4v) is 2.65. The molecule has 0 aromatic heterocycles. The molecule has 0 aliphatic rings. The maximum absolute atomic E-state index is 11.8. The molecule has 0 N–H and O–H groups in total. The maximum Gasteiger partial charge on any atom is 0.343 e. The fraction of sp³-hybridized carbons (Fsp3) is 0.143. The Bertz CT molecular complexity index is 877. The lowest BCUT2D eigenvalue weighted by molar-refractivity contribution is -0.218. The van der Waals surface area contributed by atoms with Crippen molar-refractivity contribution in [1.82, 2.24) is 0 Å². The van der Waals surface area contributed by atoms with Gasteiger partial charge in [-0.1, -0.05) is 12.1 Å². The van der Waals surface area contributed by atoms with E-state index in [-0.39, 0.29) is 11.1 Å². The van der Waals surface area contributed by atoms with Crippen LogP contribution in [0.1, 0.15) is 20.7 Å². The maximum atomic E-state index is 11.8. The highest BCUT2D eigenvalue weighted by Gasteiger charge is 2.18. The molecule has 0 saturated heterocycles. The molecule has 10 nitrogen and oxygen atoms in total. The third-order valence-electron chi connectivity index (χ3n) is 3.15. The molecule has 2 rings (SSSR count). The molecule has 0 aliphatic carbocycles. The number of phosphoric ester groups is 2. The standard InChI is InChI=1S/C14H14O10P2/c1-21-25(17,18)23-13(15)11-5-3-10-8-12(6-4-9(10)7-11)14(16)24-26(19,20)22-2/h3-8H,1-2H3,(H,17,18)(H,19,20)/p-2. The summed E-state index contributed by atoms with van der Waals surface area (Å²) in [5, 5.41) is 0.928. The molecular formula is C14H12O10P2-2. The largest absolute Gasteiger partial charge is 0.746 e. The van der Waals surface area contributed by atoms with Gasteiger partial charge in [0.15, 0.2) is 0 Å². The van der Waals surface area contributed by atoms with E-state index in [1.54, 1.807) is 0 Å². The molecule has 0 saturated carbocycles. The molecule has 0 amide bonds. The summed E-state index contributed by atoms with van der Waals surface area (Å²) in [7, 11) is -7.75. The Labute approximate surface area is 147 Å². The zero-order valence-corrected chi connectivity index (χ0v) is 15.2. The molecule has 26 heavy (non-hydrogen) atoms. The van der Waals surface area contributed by atoms with Crippen LogP contribution in [0.3, 0.4) is 0 Å². The van der Waals surface area contributed by atoms with Gasteiger partial charge in [-0.05, 0) is 35.0 Å². The average Bonchev–Trinajstić information content (AvgIpc) is 2.60. The summed E-state index contributed by atoms with van der Waals surface area (Å²) in [4.78, 5) is 45.9. The number of phosphoric acid groups is 2.